The lowest BCUT2D eigenvalue weighted by Gasteiger charge is -2.37. The Hall–Kier alpha value is -1.32. The molecule has 3 nitrogen and oxygen atoms in total. The summed E-state index contributed by atoms with van der Waals surface area (Å²) in [6.07, 6.45) is 8.95. The maximum atomic E-state index is 12.3. The fraction of sp³-hybridized carbons (Fsp3) is 0.500. The Balaban J connectivity index is 1.50. The first-order chi connectivity index (χ1) is 10.7. The summed E-state index contributed by atoms with van der Waals surface area (Å²) in [5.41, 5.74) is 1.00. The Morgan fingerprint density at radius 2 is 1.68 bits per heavy atom. The largest absolute Gasteiger partial charge is 0.337 e. The van der Waals surface area contributed by atoms with E-state index >= 15 is 0 Å². The molecule has 1 heterocycles. The number of nitrogens with zero attached hydrogens (tertiary/aromatic N) is 2. The van der Waals surface area contributed by atoms with Crippen molar-refractivity contribution in [2.24, 2.45) is 0 Å². The maximum absolute atomic E-state index is 12.3. The van der Waals surface area contributed by atoms with Crippen LogP contribution in [0.4, 0.5) is 0 Å². The second-order valence-corrected chi connectivity index (χ2v) is 6.62. The van der Waals surface area contributed by atoms with Crippen LogP contribution in [0.2, 0.25) is 5.02 Å². The van der Waals surface area contributed by atoms with E-state index in [1.807, 2.05) is 35.2 Å². The van der Waals surface area contributed by atoms with Gasteiger partial charge in [-0.25, -0.2) is 0 Å². The number of hydrogen-bond acceptors (Lipinski definition) is 2. The van der Waals surface area contributed by atoms with Crippen LogP contribution in [0, 0.1) is 0 Å². The molecule has 22 heavy (non-hydrogen) atoms. The van der Waals surface area contributed by atoms with Crippen LogP contribution < -0.4 is 0 Å². The molecule has 1 saturated heterocycles. The summed E-state index contributed by atoms with van der Waals surface area (Å²) in [6.45, 7) is 3.73. The molecule has 1 amide bonds. The highest BCUT2D eigenvalue weighted by Gasteiger charge is 2.27. The molecule has 4 heteroatoms. The molecule has 2 aliphatic rings. The van der Waals surface area contributed by atoms with E-state index in [4.69, 9.17) is 11.6 Å². The van der Waals surface area contributed by atoms with Gasteiger partial charge >= 0.3 is 0 Å². The molecular weight excluding hydrogens is 296 g/mol. The zero-order valence-corrected chi connectivity index (χ0v) is 13.6. The Bertz CT molecular complexity index is 527. The summed E-state index contributed by atoms with van der Waals surface area (Å²) in [5.74, 6) is 0.112. The van der Waals surface area contributed by atoms with Crippen LogP contribution in [-0.2, 0) is 4.79 Å². The smallest absolute Gasteiger partial charge is 0.246 e. The molecule has 1 aliphatic heterocycles. The number of hydrogen-bond donors (Lipinski definition) is 0. The number of benzene rings is 1. The van der Waals surface area contributed by atoms with Gasteiger partial charge in [-0.3, -0.25) is 9.69 Å². The fourth-order valence-corrected chi connectivity index (χ4v) is 3.55. The molecule has 1 aromatic carbocycles. The third-order valence-electron chi connectivity index (χ3n) is 4.76. The first-order valence-electron chi connectivity index (χ1n) is 8.19. The minimum absolute atomic E-state index is 0.112. The van der Waals surface area contributed by atoms with Gasteiger partial charge in [0.15, 0.2) is 0 Å². The number of amides is 1. The molecule has 0 N–H and O–H groups in total. The van der Waals surface area contributed by atoms with Crippen LogP contribution in [0.3, 0.4) is 0 Å². The predicted molar refractivity (Wildman–Crippen MR) is 90.9 cm³/mol. The van der Waals surface area contributed by atoms with Gasteiger partial charge in [0, 0.05) is 43.3 Å². The minimum atomic E-state index is 0.112. The van der Waals surface area contributed by atoms with Gasteiger partial charge in [-0.2, -0.15) is 0 Å². The molecule has 0 atom stereocenters. The second-order valence-electron chi connectivity index (χ2n) is 6.18. The molecule has 1 saturated carbocycles. The highest BCUT2D eigenvalue weighted by atomic mass is 35.5. The van der Waals surface area contributed by atoms with Crippen molar-refractivity contribution in [3.8, 4) is 0 Å². The Kier molecular flexibility index (Phi) is 5.16. The predicted octanol–water partition coefficient (Wildman–Crippen LogP) is 3.44. The molecule has 118 valence electrons. The third-order valence-corrected chi connectivity index (χ3v) is 5.01. The summed E-state index contributed by atoms with van der Waals surface area (Å²) in [7, 11) is 0. The van der Waals surface area contributed by atoms with Gasteiger partial charge in [-0.15, -0.1) is 0 Å². The van der Waals surface area contributed by atoms with Gasteiger partial charge in [-0.1, -0.05) is 36.6 Å². The van der Waals surface area contributed by atoms with E-state index < -0.39 is 0 Å². The van der Waals surface area contributed by atoms with Crippen LogP contribution in [-0.4, -0.2) is 47.9 Å². The number of rotatable bonds is 3. The lowest BCUT2D eigenvalue weighted by molar-refractivity contribution is -0.127. The first kappa shape index (κ1) is 15.6. The van der Waals surface area contributed by atoms with E-state index in [9.17, 15) is 4.79 Å². The molecular formula is C18H23ClN2O. The monoisotopic (exact) mass is 318 g/mol. The SMILES string of the molecule is O=C(/C=C/c1ccc(Cl)cc1)N1CCN(C2CCCC2)CC1. The van der Waals surface area contributed by atoms with E-state index in [0.717, 1.165) is 37.8 Å². The van der Waals surface area contributed by atoms with E-state index in [0.29, 0.717) is 5.02 Å². The zero-order chi connectivity index (χ0) is 15.4. The lowest BCUT2D eigenvalue weighted by Crippen LogP contribution is -2.51. The van der Waals surface area contributed by atoms with Gasteiger partial charge in [0.1, 0.15) is 0 Å². The summed E-state index contributed by atoms with van der Waals surface area (Å²) >= 11 is 5.86. The standard InChI is InChI=1S/C18H23ClN2O/c19-16-8-5-15(6-9-16)7-10-18(22)21-13-11-20(12-14-21)17-3-1-2-4-17/h5-10,17H,1-4,11-14H2/b10-7+. The molecule has 0 spiro atoms. The number of piperazine rings is 1. The van der Waals surface area contributed by atoms with Crippen LogP contribution in [0.25, 0.3) is 6.08 Å². The molecule has 0 radical (unpaired) electrons. The summed E-state index contributed by atoms with van der Waals surface area (Å²) in [6, 6.07) is 8.29. The van der Waals surface area contributed by atoms with Crippen molar-refractivity contribution in [3.05, 3.63) is 40.9 Å². The maximum Gasteiger partial charge on any atom is 0.246 e. The van der Waals surface area contributed by atoms with E-state index in [1.54, 1.807) is 6.08 Å². The Morgan fingerprint density at radius 3 is 2.32 bits per heavy atom. The zero-order valence-electron chi connectivity index (χ0n) is 12.9. The summed E-state index contributed by atoms with van der Waals surface area (Å²) in [5, 5.41) is 0.714. The average molecular weight is 319 g/mol. The number of halogens is 1. The molecule has 2 fully saturated rings. The molecule has 1 aliphatic carbocycles. The van der Waals surface area contributed by atoms with Crippen LogP contribution >= 0.6 is 11.6 Å². The van der Waals surface area contributed by atoms with E-state index in [2.05, 4.69) is 4.90 Å². The molecule has 0 unspecified atom stereocenters. The van der Waals surface area contributed by atoms with Gasteiger partial charge in [0.2, 0.25) is 5.91 Å². The van der Waals surface area contributed by atoms with Crippen molar-refractivity contribution < 1.29 is 4.79 Å². The minimum Gasteiger partial charge on any atom is -0.337 e. The number of carbonyl (C=O) groups is 1. The van der Waals surface area contributed by atoms with Gasteiger partial charge in [-0.05, 0) is 36.6 Å². The topological polar surface area (TPSA) is 23.6 Å². The molecule has 0 aromatic heterocycles. The van der Waals surface area contributed by atoms with Gasteiger partial charge in [0.05, 0.1) is 0 Å². The van der Waals surface area contributed by atoms with Crippen molar-refractivity contribution in [1.29, 1.82) is 0 Å². The second kappa shape index (κ2) is 7.30. The molecule has 1 aromatic rings. The first-order valence-corrected chi connectivity index (χ1v) is 8.57. The molecule has 0 bridgehead atoms. The van der Waals surface area contributed by atoms with Crippen LogP contribution in [0.5, 0.6) is 0 Å². The van der Waals surface area contributed by atoms with Crippen LogP contribution in [0.15, 0.2) is 30.3 Å². The van der Waals surface area contributed by atoms with Crippen molar-refractivity contribution in [2.75, 3.05) is 26.2 Å². The van der Waals surface area contributed by atoms with E-state index in [-0.39, 0.29) is 5.91 Å². The average Bonchev–Trinajstić information content (AvgIpc) is 3.09. The Morgan fingerprint density at radius 1 is 1.05 bits per heavy atom. The summed E-state index contributed by atoms with van der Waals surface area (Å²) in [4.78, 5) is 16.8. The highest BCUT2D eigenvalue weighted by molar-refractivity contribution is 6.30. The molecule has 3 rings (SSSR count). The Labute approximate surface area is 137 Å². The van der Waals surface area contributed by atoms with Gasteiger partial charge < -0.3 is 4.90 Å². The van der Waals surface area contributed by atoms with Crippen molar-refractivity contribution in [1.82, 2.24) is 9.80 Å². The quantitative estimate of drug-likeness (QED) is 0.797. The highest BCUT2D eigenvalue weighted by Crippen LogP contribution is 2.24. The summed E-state index contributed by atoms with van der Waals surface area (Å²) < 4.78 is 0. The lowest BCUT2D eigenvalue weighted by atomic mass is 10.1. The number of carbonyl (C=O) groups excluding carboxylic acids is 1. The third kappa shape index (κ3) is 3.90. The fourth-order valence-electron chi connectivity index (χ4n) is 3.42. The normalized spacial score (nSPS) is 20.9. The van der Waals surface area contributed by atoms with E-state index in [1.165, 1.54) is 25.7 Å². The van der Waals surface area contributed by atoms with Crippen molar-refractivity contribution in [2.45, 2.75) is 31.7 Å². The van der Waals surface area contributed by atoms with Gasteiger partial charge in [0.25, 0.3) is 0 Å². The van der Waals surface area contributed by atoms with Crippen molar-refractivity contribution in [3.63, 3.8) is 0 Å². The van der Waals surface area contributed by atoms with Crippen molar-refractivity contribution >= 4 is 23.6 Å². The van der Waals surface area contributed by atoms with Crippen LogP contribution in [0.1, 0.15) is 31.2 Å².